The summed E-state index contributed by atoms with van der Waals surface area (Å²) in [5.74, 6) is 1.15. The molecule has 170 valence electrons. The summed E-state index contributed by atoms with van der Waals surface area (Å²) in [4.78, 5) is 23.6. The third kappa shape index (κ3) is 4.94. The van der Waals surface area contributed by atoms with Crippen LogP contribution in [0.25, 0.3) is 0 Å². The fourth-order valence-electron chi connectivity index (χ4n) is 4.56. The van der Waals surface area contributed by atoms with Crippen LogP contribution in [0.2, 0.25) is 5.02 Å². The highest BCUT2D eigenvalue weighted by Gasteiger charge is 2.45. The molecule has 2 saturated heterocycles. The van der Waals surface area contributed by atoms with E-state index in [9.17, 15) is 4.79 Å². The Hall–Kier alpha value is -3.16. The van der Waals surface area contributed by atoms with Gasteiger partial charge >= 0.3 is 0 Å². The number of benzene rings is 2. The van der Waals surface area contributed by atoms with Gasteiger partial charge in [-0.25, -0.2) is 9.97 Å². The van der Waals surface area contributed by atoms with E-state index in [4.69, 9.17) is 21.1 Å². The highest BCUT2D eigenvalue weighted by molar-refractivity contribution is 6.32. The number of para-hydroxylation sites is 1. The third-order valence-electron chi connectivity index (χ3n) is 6.06. The second kappa shape index (κ2) is 9.37. The first-order valence-electron chi connectivity index (χ1n) is 11.1. The van der Waals surface area contributed by atoms with Crippen molar-refractivity contribution in [2.75, 3.05) is 25.0 Å². The minimum absolute atomic E-state index is 0.00854. The van der Waals surface area contributed by atoms with Crippen molar-refractivity contribution < 1.29 is 14.3 Å². The predicted molar refractivity (Wildman–Crippen MR) is 126 cm³/mol. The number of hydrogen-bond donors (Lipinski definition) is 1. The van der Waals surface area contributed by atoms with E-state index < -0.39 is 0 Å². The first-order chi connectivity index (χ1) is 16.1. The number of likely N-dealkylation sites (tertiary alicyclic amines) is 1. The first kappa shape index (κ1) is 21.7. The molecule has 2 aliphatic heterocycles. The van der Waals surface area contributed by atoms with E-state index in [1.54, 1.807) is 18.5 Å². The molecule has 2 fully saturated rings. The lowest BCUT2D eigenvalue weighted by molar-refractivity contribution is -0.0453. The number of carbonyl (C=O) groups is 1. The second-order valence-corrected chi connectivity index (χ2v) is 8.88. The molecule has 0 radical (unpaired) electrons. The maximum atomic E-state index is 13.3. The lowest BCUT2D eigenvalue weighted by Crippen LogP contribution is -2.50. The largest absolute Gasteiger partial charge is 0.486 e. The highest BCUT2D eigenvalue weighted by atomic mass is 35.5. The molecule has 0 unspecified atom stereocenters. The van der Waals surface area contributed by atoms with Crippen molar-refractivity contribution in [2.24, 2.45) is 0 Å². The van der Waals surface area contributed by atoms with E-state index in [1.165, 1.54) is 0 Å². The van der Waals surface area contributed by atoms with E-state index in [0.29, 0.717) is 42.0 Å². The Labute approximate surface area is 197 Å². The molecule has 33 heavy (non-hydrogen) atoms. The van der Waals surface area contributed by atoms with Gasteiger partial charge < -0.3 is 19.7 Å². The summed E-state index contributed by atoms with van der Waals surface area (Å²) >= 11 is 6.24. The van der Waals surface area contributed by atoms with Crippen LogP contribution in [0.3, 0.4) is 0 Å². The zero-order chi connectivity index (χ0) is 22.7. The number of amides is 1. The molecule has 1 amide bonds. The number of nitrogens with zero attached hydrogens (tertiary/aromatic N) is 3. The summed E-state index contributed by atoms with van der Waals surface area (Å²) in [6.07, 6.45) is 5.78. The Kier molecular flexibility index (Phi) is 6.15. The van der Waals surface area contributed by atoms with Crippen molar-refractivity contribution in [1.82, 2.24) is 14.9 Å². The molecule has 0 saturated carbocycles. The minimum Gasteiger partial charge on any atom is -0.486 e. The number of rotatable bonds is 5. The molecular weight excluding hydrogens is 440 g/mol. The third-order valence-corrected chi connectivity index (χ3v) is 6.38. The molecule has 1 aromatic heterocycles. The zero-order valence-electron chi connectivity index (χ0n) is 18.1. The lowest BCUT2D eigenvalue weighted by Gasteiger charge is -2.39. The van der Waals surface area contributed by atoms with Crippen LogP contribution in [0.5, 0.6) is 5.75 Å². The van der Waals surface area contributed by atoms with Crippen LogP contribution in [0.15, 0.2) is 67.0 Å². The summed E-state index contributed by atoms with van der Waals surface area (Å²) in [5, 5.41) is 3.73. The Bertz CT molecular complexity index is 1130. The van der Waals surface area contributed by atoms with E-state index in [1.807, 2.05) is 53.4 Å². The van der Waals surface area contributed by atoms with Crippen LogP contribution in [0.4, 0.5) is 11.6 Å². The molecule has 1 spiro atoms. The Morgan fingerprint density at radius 2 is 2.00 bits per heavy atom. The van der Waals surface area contributed by atoms with Gasteiger partial charge in [-0.3, -0.25) is 4.79 Å². The van der Waals surface area contributed by atoms with E-state index in [0.717, 1.165) is 24.9 Å². The lowest BCUT2D eigenvalue weighted by atomic mass is 9.89. The van der Waals surface area contributed by atoms with Gasteiger partial charge in [0.25, 0.3) is 5.91 Å². The maximum absolute atomic E-state index is 13.3. The minimum atomic E-state index is -0.381. The molecule has 3 aromatic rings. The van der Waals surface area contributed by atoms with Gasteiger partial charge in [0.15, 0.2) is 0 Å². The number of carbonyl (C=O) groups excluding carboxylic acids is 1. The van der Waals surface area contributed by atoms with Crippen LogP contribution in [-0.4, -0.2) is 52.2 Å². The Balaban J connectivity index is 1.25. The van der Waals surface area contributed by atoms with Gasteiger partial charge in [-0.1, -0.05) is 29.8 Å². The van der Waals surface area contributed by atoms with Gasteiger partial charge in [-0.05, 0) is 49.2 Å². The molecule has 7 nitrogen and oxygen atoms in total. The molecular formula is C25H25ClN4O3. The second-order valence-electron chi connectivity index (χ2n) is 8.48. The van der Waals surface area contributed by atoms with Crippen molar-refractivity contribution in [3.8, 4) is 5.75 Å². The van der Waals surface area contributed by atoms with Crippen molar-refractivity contribution in [2.45, 2.75) is 31.0 Å². The van der Waals surface area contributed by atoms with Gasteiger partial charge in [-0.15, -0.1) is 0 Å². The predicted octanol–water partition coefficient (Wildman–Crippen LogP) is 4.72. The molecule has 0 aliphatic carbocycles. The van der Waals surface area contributed by atoms with Gasteiger partial charge in [0.05, 0.1) is 23.8 Å². The van der Waals surface area contributed by atoms with Gasteiger partial charge in [0.1, 0.15) is 11.9 Å². The average Bonchev–Trinajstić information content (AvgIpc) is 3.22. The van der Waals surface area contributed by atoms with E-state index in [2.05, 4.69) is 15.3 Å². The molecule has 0 bridgehead atoms. The smallest absolute Gasteiger partial charge is 0.254 e. The SMILES string of the molecule is O=C(c1cccc(Nc2ncccn2)c1)N1CCC[C@]2(C[C@@H](Oc3ccccc3Cl)CO2)C1. The standard InChI is InChI=1S/C25H25ClN4O3/c26-21-8-1-2-9-22(21)33-20-15-25(32-16-20)10-4-13-30(17-25)23(31)18-6-3-7-19(14-18)29-24-27-11-5-12-28-24/h1-3,5-9,11-12,14,20H,4,10,13,15-17H2,(H,27,28,29)/t20-,25+/m1/s1. The quantitative estimate of drug-likeness (QED) is 0.589. The fourth-order valence-corrected chi connectivity index (χ4v) is 4.74. The molecule has 1 N–H and O–H groups in total. The van der Waals surface area contributed by atoms with Crippen LogP contribution in [0, 0.1) is 0 Å². The van der Waals surface area contributed by atoms with Crippen molar-refractivity contribution in [3.63, 3.8) is 0 Å². The number of nitrogens with one attached hydrogen (secondary N) is 1. The normalized spacial score (nSPS) is 22.3. The molecule has 2 aliphatic rings. The van der Waals surface area contributed by atoms with E-state index >= 15 is 0 Å². The van der Waals surface area contributed by atoms with Gasteiger partial charge in [-0.2, -0.15) is 0 Å². The highest BCUT2D eigenvalue weighted by Crippen LogP contribution is 2.37. The van der Waals surface area contributed by atoms with Crippen molar-refractivity contribution in [3.05, 3.63) is 77.6 Å². The molecule has 2 aromatic carbocycles. The summed E-state index contributed by atoms with van der Waals surface area (Å²) in [6.45, 7) is 1.75. The Morgan fingerprint density at radius 3 is 2.85 bits per heavy atom. The maximum Gasteiger partial charge on any atom is 0.254 e. The van der Waals surface area contributed by atoms with Crippen LogP contribution < -0.4 is 10.1 Å². The monoisotopic (exact) mass is 464 g/mol. The van der Waals surface area contributed by atoms with Crippen LogP contribution in [-0.2, 0) is 4.74 Å². The summed E-state index contributed by atoms with van der Waals surface area (Å²) < 4.78 is 12.3. The summed E-state index contributed by atoms with van der Waals surface area (Å²) in [6, 6.07) is 16.6. The number of anilines is 2. The Morgan fingerprint density at radius 1 is 1.15 bits per heavy atom. The number of hydrogen-bond acceptors (Lipinski definition) is 6. The van der Waals surface area contributed by atoms with Crippen molar-refractivity contribution in [1.29, 1.82) is 0 Å². The number of halogens is 1. The molecule has 5 rings (SSSR count). The first-order valence-corrected chi connectivity index (χ1v) is 11.5. The number of aromatic nitrogens is 2. The van der Waals surface area contributed by atoms with Crippen molar-refractivity contribution >= 4 is 29.1 Å². The summed E-state index contributed by atoms with van der Waals surface area (Å²) in [5.41, 5.74) is 1.01. The topological polar surface area (TPSA) is 76.6 Å². The van der Waals surface area contributed by atoms with Crippen LogP contribution in [0.1, 0.15) is 29.6 Å². The summed E-state index contributed by atoms with van der Waals surface area (Å²) in [7, 11) is 0. The van der Waals surface area contributed by atoms with Gasteiger partial charge in [0.2, 0.25) is 5.95 Å². The van der Waals surface area contributed by atoms with Gasteiger partial charge in [0, 0.05) is 36.6 Å². The van der Waals surface area contributed by atoms with E-state index in [-0.39, 0.29) is 17.6 Å². The fraction of sp³-hybridized carbons (Fsp3) is 0.320. The molecule has 2 atom stereocenters. The molecule has 3 heterocycles. The number of piperidine rings is 1. The zero-order valence-corrected chi connectivity index (χ0v) is 18.9. The average molecular weight is 465 g/mol. The number of ether oxygens (including phenoxy) is 2. The molecule has 8 heteroatoms. The van der Waals surface area contributed by atoms with Crippen LogP contribution >= 0.6 is 11.6 Å².